The number of fused-ring (bicyclic) bond motifs is 5. The summed E-state index contributed by atoms with van der Waals surface area (Å²) < 4.78 is 6.40. The molecule has 0 saturated heterocycles. The number of hydrogen-bond donors (Lipinski definition) is 0. The highest BCUT2D eigenvalue weighted by atomic mass is 16.3. The van der Waals surface area contributed by atoms with Gasteiger partial charge in [0, 0.05) is 10.8 Å². The number of furan rings is 1. The van der Waals surface area contributed by atoms with Gasteiger partial charge < -0.3 is 4.42 Å². The van der Waals surface area contributed by atoms with Gasteiger partial charge in [0.25, 0.3) is 0 Å². The standard InChI is InChI=1S/C56H60O/c1-33(2)52-45-23-17-39(40-26-42(55(8,9)10)32-43(27-40)56(11,12)13)31-49(45)53(34(3)4)44-22-16-37(30-48(44)52)38-19-25-51-47(29-38)46-28-36(18-24-50(46)57-51)35-14-20-41(21-15-35)54(5,6)7/h14-34H,1-13H3. The molecule has 0 saturated carbocycles. The van der Waals surface area contributed by atoms with Gasteiger partial charge in [0.2, 0.25) is 0 Å². The Kier molecular flexibility index (Phi) is 9.35. The van der Waals surface area contributed by atoms with Crippen molar-refractivity contribution < 1.29 is 4.42 Å². The molecule has 57 heavy (non-hydrogen) atoms. The summed E-state index contributed by atoms with van der Waals surface area (Å²) in [6, 6.07) is 44.1. The molecule has 0 N–H and O–H groups in total. The van der Waals surface area contributed by atoms with Gasteiger partial charge in [-0.3, -0.25) is 0 Å². The highest BCUT2D eigenvalue weighted by Crippen LogP contribution is 2.44. The Morgan fingerprint density at radius 2 is 0.667 bits per heavy atom. The van der Waals surface area contributed by atoms with Gasteiger partial charge in [0.1, 0.15) is 11.2 Å². The Bertz CT molecular complexity index is 2780. The third kappa shape index (κ3) is 7.09. The quantitative estimate of drug-likeness (QED) is 0.160. The van der Waals surface area contributed by atoms with Crippen molar-refractivity contribution in [3.63, 3.8) is 0 Å². The van der Waals surface area contributed by atoms with Crippen LogP contribution in [0.1, 0.15) is 130 Å². The second-order valence-electron chi connectivity index (χ2n) is 20.3. The van der Waals surface area contributed by atoms with Gasteiger partial charge >= 0.3 is 0 Å². The highest BCUT2D eigenvalue weighted by Gasteiger charge is 2.23. The smallest absolute Gasteiger partial charge is 0.135 e. The summed E-state index contributed by atoms with van der Waals surface area (Å²) in [7, 11) is 0. The largest absolute Gasteiger partial charge is 0.456 e. The molecule has 0 radical (unpaired) electrons. The van der Waals surface area contributed by atoms with Crippen LogP contribution < -0.4 is 0 Å². The number of hydrogen-bond acceptors (Lipinski definition) is 1. The molecule has 0 amide bonds. The third-order valence-electron chi connectivity index (χ3n) is 12.2. The molecule has 0 spiro atoms. The van der Waals surface area contributed by atoms with Gasteiger partial charge in [-0.05, 0) is 147 Å². The van der Waals surface area contributed by atoms with Gasteiger partial charge in [-0.2, -0.15) is 0 Å². The van der Waals surface area contributed by atoms with Crippen molar-refractivity contribution in [1.82, 2.24) is 0 Å². The molecule has 8 aromatic rings. The fourth-order valence-corrected chi connectivity index (χ4v) is 8.86. The van der Waals surface area contributed by atoms with Crippen molar-refractivity contribution in [1.29, 1.82) is 0 Å². The minimum absolute atomic E-state index is 0.0613. The monoisotopic (exact) mass is 748 g/mol. The summed E-state index contributed by atoms with van der Waals surface area (Å²) in [4.78, 5) is 0. The molecule has 1 aromatic heterocycles. The number of benzene rings is 7. The maximum absolute atomic E-state index is 6.40. The van der Waals surface area contributed by atoms with Gasteiger partial charge in [-0.15, -0.1) is 0 Å². The molecule has 0 bridgehead atoms. The first-order valence-corrected chi connectivity index (χ1v) is 21.1. The van der Waals surface area contributed by atoms with Crippen molar-refractivity contribution in [2.45, 2.75) is 118 Å². The molecule has 290 valence electrons. The summed E-state index contributed by atoms with van der Waals surface area (Å²) in [5.74, 6) is 0.709. The second kappa shape index (κ2) is 13.8. The Morgan fingerprint density at radius 1 is 0.316 bits per heavy atom. The summed E-state index contributed by atoms with van der Waals surface area (Å²) in [6.07, 6.45) is 0. The van der Waals surface area contributed by atoms with Crippen LogP contribution in [0.5, 0.6) is 0 Å². The van der Waals surface area contributed by atoms with Crippen molar-refractivity contribution in [2.75, 3.05) is 0 Å². The van der Waals surface area contributed by atoms with Crippen molar-refractivity contribution in [3.05, 3.63) is 143 Å². The van der Waals surface area contributed by atoms with E-state index in [4.69, 9.17) is 4.42 Å². The van der Waals surface area contributed by atoms with E-state index in [-0.39, 0.29) is 16.2 Å². The van der Waals surface area contributed by atoms with E-state index in [1.54, 1.807) is 0 Å². The predicted molar refractivity (Wildman–Crippen MR) is 249 cm³/mol. The van der Waals surface area contributed by atoms with Crippen LogP contribution >= 0.6 is 0 Å². The lowest BCUT2D eigenvalue weighted by molar-refractivity contribution is 0.569. The average molecular weight is 749 g/mol. The highest BCUT2D eigenvalue weighted by molar-refractivity contribution is 6.10. The van der Waals surface area contributed by atoms with E-state index in [1.807, 2.05) is 0 Å². The SMILES string of the molecule is CC(C)c1c2ccc(-c3ccc4oc5ccc(-c6ccc(C(C)(C)C)cc6)cc5c4c3)cc2c(C(C)C)c2ccc(-c3cc(C(C)(C)C)cc(C(C)(C)C)c3)cc12. The van der Waals surface area contributed by atoms with Crippen molar-refractivity contribution in [2.24, 2.45) is 0 Å². The van der Waals surface area contributed by atoms with E-state index >= 15 is 0 Å². The molecule has 1 nitrogen and oxygen atoms in total. The van der Waals surface area contributed by atoms with Crippen LogP contribution in [0.3, 0.4) is 0 Å². The van der Waals surface area contributed by atoms with E-state index < -0.39 is 0 Å². The van der Waals surface area contributed by atoms with E-state index in [0.717, 1.165) is 21.9 Å². The topological polar surface area (TPSA) is 13.1 Å². The van der Waals surface area contributed by atoms with Crippen LogP contribution in [0.25, 0.3) is 76.9 Å². The van der Waals surface area contributed by atoms with Crippen LogP contribution in [-0.4, -0.2) is 0 Å². The lowest BCUT2D eigenvalue weighted by atomic mass is 9.78. The fraction of sp³-hybridized carbons (Fsp3) is 0.321. The zero-order chi connectivity index (χ0) is 40.8. The maximum Gasteiger partial charge on any atom is 0.135 e. The summed E-state index contributed by atoms with van der Waals surface area (Å²) in [6.45, 7) is 30.1. The lowest BCUT2D eigenvalue weighted by Gasteiger charge is -2.27. The predicted octanol–water partition coefficient (Wildman–Crippen LogP) is 17.0. The van der Waals surface area contributed by atoms with E-state index in [2.05, 4.69) is 205 Å². The first kappa shape index (κ1) is 38.7. The van der Waals surface area contributed by atoms with E-state index in [9.17, 15) is 0 Å². The summed E-state index contributed by atoms with van der Waals surface area (Å²) in [5.41, 5.74) is 16.5. The van der Waals surface area contributed by atoms with Crippen LogP contribution in [0.15, 0.2) is 120 Å². The Labute approximate surface area is 341 Å². The molecule has 8 rings (SSSR count). The first-order valence-electron chi connectivity index (χ1n) is 21.1. The Morgan fingerprint density at radius 3 is 1.07 bits per heavy atom. The van der Waals surface area contributed by atoms with Crippen molar-refractivity contribution >= 4 is 43.5 Å². The number of rotatable bonds is 5. The molecule has 1 heteroatoms. The van der Waals surface area contributed by atoms with Gasteiger partial charge in [0.05, 0.1) is 0 Å². The normalized spacial score (nSPS) is 13.0. The molecule has 7 aromatic carbocycles. The summed E-state index contributed by atoms with van der Waals surface area (Å²) >= 11 is 0. The zero-order valence-electron chi connectivity index (χ0n) is 36.5. The Hall–Kier alpha value is -5.14. The summed E-state index contributed by atoms with van der Waals surface area (Å²) in [5, 5.41) is 7.76. The second-order valence-corrected chi connectivity index (χ2v) is 20.3. The molecular formula is C56H60O. The zero-order valence-corrected chi connectivity index (χ0v) is 36.5. The van der Waals surface area contributed by atoms with Crippen LogP contribution in [0.2, 0.25) is 0 Å². The molecule has 1 heterocycles. The molecule has 0 aliphatic carbocycles. The van der Waals surface area contributed by atoms with E-state index in [0.29, 0.717) is 11.8 Å². The van der Waals surface area contributed by atoms with Crippen LogP contribution in [-0.2, 0) is 16.2 Å². The molecule has 0 unspecified atom stereocenters. The Balaban J connectivity index is 1.27. The van der Waals surface area contributed by atoms with Crippen LogP contribution in [0, 0.1) is 0 Å². The average Bonchev–Trinajstić information content (AvgIpc) is 3.52. The minimum atomic E-state index is 0.0613. The molecule has 0 aliphatic heterocycles. The van der Waals surface area contributed by atoms with Gasteiger partial charge in [-0.1, -0.05) is 169 Å². The molecule has 0 fully saturated rings. The van der Waals surface area contributed by atoms with Gasteiger partial charge in [-0.25, -0.2) is 0 Å². The minimum Gasteiger partial charge on any atom is -0.456 e. The molecule has 0 atom stereocenters. The third-order valence-corrected chi connectivity index (χ3v) is 12.2. The maximum atomic E-state index is 6.40. The van der Waals surface area contributed by atoms with Crippen molar-refractivity contribution in [3.8, 4) is 33.4 Å². The molecule has 0 aliphatic rings. The van der Waals surface area contributed by atoms with Crippen LogP contribution in [0.4, 0.5) is 0 Å². The molecular weight excluding hydrogens is 689 g/mol. The van der Waals surface area contributed by atoms with E-state index in [1.165, 1.54) is 82.7 Å². The van der Waals surface area contributed by atoms with Gasteiger partial charge in [0.15, 0.2) is 0 Å². The lowest BCUT2D eigenvalue weighted by Crippen LogP contribution is -2.16. The first-order chi connectivity index (χ1) is 26.8. The fourth-order valence-electron chi connectivity index (χ4n) is 8.86.